The van der Waals surface area contributed by atoms with Gasteiger partial charge in [-0.05, 0) is 57.9 Å². The molecule has 0 radical (unpaired) electrons. The molecule has 0 saturated carbocycles. The van der Waals surface area contributed by atoms with Gasteiger partial charge < -0.3 is 0 Å². The molecule has 0 saturated heterocycles. The first-order chi connectivity index (χ1) is 10.9. The first-order valence-electron chi connectivity index (χ1n) is 8.45. The minimum Gasteiger partial charge on any atom is -0.296 e. The van der Waals surface area contributed by atoms with Gasteiger partial charge in [-0.2, -0.15) is 0 Å². The molecule has 0 fully saturated rings. The molecule has 0 N–H and O–H groups in total. The molecule has 0 bridgehead atoms. The van der Waals surface area contributed by atoms with Crippen molar-refractivity contribution >= 4 is 17.9 Å². The van der Waals surface area contributed by atoms with Crippen LogP contribution in [0.1, 0.15) is 40.2 Å². The predicted octanol–water partition coefficient (Wildman–Crippen LogP) is 4.60. The van der Waals surface area contributed by atoms with Gasteiger partial charge in [-0.25, -0.2) is 4.67 Å². The maximum Gasteiger partial charge on any atom is 0.207 e. The molecule has 3 heteroatoms. The quantitative estimate of drug-likeness (QED) is 0.722. The van der Waals surface area contributed by atoms with Crippen LogP contribution in [-0.2, 0) is 11.0 Å². The zero-order chi connectivity index (χ0) is 17.0. The molecule has 2 nitrogen and oxygen atoms in total. The van der Waals surface area contributed by atoms with Gasteiger partial charge >= 0.3 is 0 Å². The zero-order valence-electron chi connectivity index (χ0n) is 14.9. The number of rotatable bonds is 6. The number of aryl methyl sites for hydroxylation is 1. The molecular formula is C20H28NOP. The largest absolute Gasteiger partial charge is 0.296 e. The lowest BCUT2D eigenvalue weighted by Crippen LogP contribution is -2.41. The van der Waals surface area contributed by atoms with Crippen LogP contribution in [-0.4, -0.2) is 16.8 Å². The standard InChI is InChI=1S/C20H28NOP/c1-6-18-12-10-11-15-20(18)23(22,19-13-8-7-9-14-19)21(16(2)3)17(4)5/h7-17H,6H2,1-5H3. The summed E-state index contributed by atoms with van der Waals surface area (Å²) in [5, 5.41) is 1.90. The van der Waals surface area contributed by atoms with E-state index in [0.29, 0.717) is 0 Å². The average molecular weight is 329 g/mol. The highest BCUT2D eigenvalue weighted by atomic mass is 31.2. The second-order valence-electron chi connectivity index (χ2n) is 6.46. The topological polar surface area (TPSA) is 20.3 Å². The van der Waals surface area contributed by atoms with E-state index < -0.39 is 7.29 Å². The Morgan fingerprint density at radius 2 is 1.39 bits per heavy atom. The van der Waals surface area contributed by atoms with E-state index in [1.54, 1.807) is 0 Å². The molecule has 2 rings (SSSR count). The van der Waals surface area contributed by atoms with Crippen molar-refractivity contribution in [2.24, 2.45) is 0 Å². The normalized spacial score (nSPS) is 14.4. The summed E-state index contributed by atoms with van der Waals surface area (Å²) in [6, 6.07) is 18.5. The first-order valence-corrected chi connectivity index (χ1v) is 10.1. The van der Waals surface area contributed by atoms with Crippen molar-refractivity contribution < 1.29 is 4.57 Å². The highest BCUT2D eigenvalue weighted by Gasteiger charge is 2.38. The molecule has 0 aliphatic rings. The summed E-state index contributed by atoms with van der Waals surface area (Å²) in [5.41, 5.74) is 1.17. The minimum absolute atomic E-state index is 0.200. The average Bonchev–Trinajstić information content (AvgIpc) is 2.54. The Labute approximate surface area is 141 Å². The van der Waals surface area contributed by atoms with Crippen molar-refractivity contribution in [1.82, 2.24) is 4.67 Å². The van der Waals surface area contributed by atoms with Gasteiger partial charge in [0, 0.05) is 22.7 Å². The molecule has 23 heavy (non-hydrogen) atoms. The molecule has 2 aromatic carbocycles. The summed E-state index contributed by atoms with van der Waals surface area (Å²) >= 11 is 0. The minimum atomic E-state index is -2.87. The van der Waals surface area contributed by atoms with Crippen LogP contribution in [0.5, 0.6) is 0 Å². The molecule has 0 heterocycles. The van der Waals surface area contributed by atoms with Gasteiger partial charge in [0.15, 0.2) is 0 Å². The predicted molar refractivity (Wildman–Crippen MR) is 101 cm³/mol. The smallest absolute Gasteiger partial charge is 0.207 e. The second kappa shape index (κ2) is 7.47. The Balaban J connectivity index is 2.78. The third-order valence-electron chi connectivity index (χ3n) is 4.19. The third-order valence-corrected chi connectivity index (χ3v) is 7.85. The summed E-state index contributed by atoms with van der Waals surface area (Å²) in [6.45, 7) is 10.6. The molecule has 0 spiro atoms. The van der Waals surface area contributed by atoms with Crippen LogP contribution in [0.25, 0.3) is 0 Å². The van der Waals surface area contributed by atoms with Crippen molar-refractivity contribution in [2.75, 3.05) is 0 Å². The van der Waals surface area contributed by atoms with E-state index in [1.165, 1.54) is 5.56 Å². The van der Waals surface area contributed by atoms with Gasteiger partial charge in [0.1, 0.15) is 0 Å². The number of hydrogen-bond acceptors (Lipinski definition) is 1. The Morgan fingerprint density at radius 3 is 1.91 bits per heavy atom. The fourth-order valence-corrected chi connectivity index (χ4v) is 6.96. The molecule has 0 aliphatic heterocycles. The van der Waals surface area contributed by atoms with Crippen molar-refractivity contribution in [3.8, 4) is 0 Å². The van der Waals surface area contributed by atoms with Crippen LogP contribution < -0.4 is 10.6 Å². The maximum atomic E-state index is 14.5. The van der Waals surface area contributed by atoms with Gasteiger partial charge in [0.05, 0.1) is 0 Å². The van der Waals surface area contributed by atoms with E-state index in [-0.39, 0.29) is 12.1 Å². The number of nitrogens with zero attached hydrogens (tertiary/aromatic N) is 1. The second-order valence-corrected chi connectivity index (χ2v) is 9.07. The summed E-state index contributed by atoms with van der Waals surface area (Å²) in [5.74, 6) is 0. The number of benzene rings is 2. The lowest BCUT2D eigenvalue weighted by atomic mass is 10.2. The summed E-state index contributed by atoms with van der Waals surface area (Å²) < 4.78 is 16.7. The SMILES string of the molecule is CCc1ccccc1P(=O)(c1ccccc1)N(C(C)C)C(C)C. The van der Waals surface area contributed by atoms with Gasteiger partial charge in [-0.3, -0.25) is 4.57 Å². The van der Waals surface area contributed by atoms with Crippen LogP contribution in [0.4, 0.5) is 0 Å². The number of hydrogen-bond donors (Lipinski definition) is 0. The van der Waals surface area contributed by atoms with Crippen LogP contribution in [0.15, 0.2) is 54.6 Å². The molecule has 124 valence electrons. The summed E-state index contributed by atoms with van der Waals surface area (Å²) in [4.78, 5) is 0. The van der Waals surface area contributed by atoms with E-state index in [4.69, 9.17) is 0 Å². The van der Waals surface area contributed by atoms with E-state index in [9.17, 15) is 4.57 Å². The van der Waals surface area contributed by atoms with Gasteiger partial charge in [-0.15, -0.1) is 0 Å². The highest BCUT2D eigenvalue weighted by molar-refractivity contribution is 7.76. The lowest BCUT2D eigenvalue weighted by Gasteiger charge is -2.39. The summed E-state index contributed by atoms with van der Waals surface area (Å²) in [6.07, 6.45) is 0.886. The van der Waals surface area contributed by atoms with Crippen molar-refractivity contribution in [1.29, 1.82) is 0 Å². The lowest BCUT2D eigenvalue weighted by molar-refractivity contribution is 0.307. The molecule has 1 unspecified atom stereocenters. The van der Waals surface area contributed by atoms with E-state index in [0.717, 1.165) is 17.0 Å². The Morgan fingerprint density at radius 1 is 0.870 bits per heavy atom. The molecule has 2 aromatic rings. The molecule has 1 atom stereocenters. The van der Waals surface area contributed by atoms with Crippen LogP contribution in [0, 0.1) is 0 Å². The fraction of sp³-hybridized carbons (Fsp3) is 0.400. The van der Waals surface area contributed by atoms with Gasteiger partial charge in [0.2, 0.25) is 7.29 Å². The van der Waals surface area contributed by atoms with E-state index in [2.05, 4.69) is 45.4 Å². The molecule has 0 aliphatic carbocycles. The highest BCUT2D eigenvalue weighted by Crippen LogP contribution is 2.50. The molecule has 0 amide bonds. The Kier molecular flexibility index (Phi) is 5.84. The van der Waals surface area contributed by atoms with Gasteiger partial charge in [0.25, 0.3) is 0 Å². The van der Waals surface area contributed by atoms with Crippen molar-refractivity contribution in [3.05, 3.63) is 60.2 Å². The van der Waals surface area contributed by atoms with E-state index >= 15 is 0 Å². The molecule has 0 aromatic heterocycles. The van der Waals surface area contributed by atoms with Crippen LogP contribution >= 0.6 is 7.29 Å². The zero-order valence-corrected chi connectivity index (χ0v) is 15.8. The maximum absolute atomic E-state index is 14.5. The van der Waals surface area contributed by atoms with Crippen LogP contribution in [0.2, 0.25) is 0 Å². The summed E-state index contributed by atoms with van der Waals surface area (Å²) in [7, 11) is -2.87. The van der Waals surface area contributed by atoms with Crippen molar-refractivity contribution in [3.63, 3.8) is 0 Å². The fourth-order valence-electron chi connectivity index (χ4n) is 3.38. The first kappa shape index (κ1) is 18.0. The third kappa shape index (κ3) is 3.44. The van der Waals surface area contributed by atoms with Gasteiger partial charge in [-0.1, -0.05) is 43.3 Å². The Hall–Kier alpha value is -1.37. The monoisotopic (exact) mass is 329 g/mol. The van der Waals surface area contributed by atoms with Crippen molar-refractivity contribution in [2.45, 2.75) is 53.1 Å². The Bertz CT molecular complexity index is 671. The molecular weight excluding hydrogens is 301 g/mol. The van der Waals surface area contributed by atoms with Crippen LogP contribution in [0.3, 0.4) is 0 Å². The van der Waals surface area contributed by atoms with E-state index in [1.807, 2.05) is 48.5 Å².